The van der Waals surface area contributed by atoms with Crippen LogP contribution in [-0.4, -0.2) is 31.4 Å². The molecule has 2 aromatic heterocycles. The number of carbonyl (C=O) groups is 1. The van der Waals surface area contributed by atoms with E-state index in [0.717, 1.165) is 22.8 Å². The Balaban J connectivity index is 0.00000280. The van der Waals surface area contributed by atoms with Crippen molar-refractivity contribution in [2.45, 2.75) is 25.7 Å². The maximum Gasteiger partial charge on any atom is 0.270 e. The molecule has 1 amide bonds. The van der Waals surface area contributed by atoms with Crippen molar-refractivity contribution >= 4 is 15.9 Å². The van der Waals surface area contributed by atoms with E-state index in [-0.39, 0.29) is 25.6 Å². The number of halogens is 1. The lowest BCUT2D eigenvalue weighted by molar-refractivity contribution is 0.0978. The molecule has 2 heterocycles. The fraction of sp³-hybridized carbons (Fsp3) is 0.148. The van der Waals surface area contributed by atoms with Crippen molar-refractivity contribution < 1.29 is 29.9 Å². The molecule has 0 unspecified atom stereocenters. The topological polar surface area (TPSA) is 127 Å². The Morgan fingerprint density at radius 3 is 2.39 bits per heavy atom. The predicted octanol–water partition coefficient (Wildman–Crippen LogP) is 4.91. The van der Waals surface area contributed by atoms with Gasteiger partial charge in [0.05, 0.1) is 12.8 Å². The first-order valence-corrected chi connectivity index (χ1v) is 12.8. The van der Waals surface area contributed by atoms with Crippen LogP contribution >= 0.6 is 0 Å². The van der Waals surface area contributed by atoms with Crippen LogP contribution in [0, 0.1) is 26.6 Å². The van der Waals surface area contributed by atoms with Gasteiger partial charge in [-0.05, 0) is 68.3 Å². The number of ether oxygens (including phenoxy) is 2. The van der Waals surface area contributed by atoms with E-state index in [1.807, 2.05) is 37.6 Å². The number of hydrogen-bond donors (Lipinski definition) is 2. The van der Waals surface area contributed by atoms with Gasteiger partial charge in [-0.1, -0.05) is 17.7 Å². The van der Waals surface area contributed by atoms with E-state index >= 15 is 0 Å². The number of rotatable bonds is 7. The number of aromatic nitrogens is 2. The van der Waals surface area contributed by atoms with Crippen molar-refractivity contribution in [2.24, 2.45) is 0 Å². The Bertz CT molecular complexity index is 1700. The summed E-state index contributed by atoms with van der Waals surface area (Å²) in [4.78, 5) is 31.2. The normalized spacial score (nSPS) is 11.2. The van der Waals surface area contributed by atoms with Crippen molar-refractivity contribution in [3.8, 4) is 28.6 Å². The molecule has 200 valence electrons. The Morgan fingerprint density at radius 2 is 1.76 bits per heavy atom. The van der Waals surface area contributed by atoms with E-state index in [1.54, 1.807) is 6.07 Å². The minimum atomic E-state index is -4.53. The Kier molecular flexibility index (Phi) is 7.31. The zero-order valence-corrected chi connectivity index (χ0v) is 21.8. The second kappa shape index (κ2) is 10.5. The summed E-state index contributed by atoms with van der Waals surface area (Å²) in [7, 11) is -3.11. The molecular weight excluding hydrogens is 513 g/mol. The molecular formula is C27H28FN3O6S. The monoisotopic (exact) mass is 541 g/mol. The lowest BCUT2D eigenvalue weighted by atomic mass is 10.1. The molecule has 0 fully saturated rings. The highest BCUT2D eigenvalue weighted by molar-refractivity contribution is 7.90. The molecule has 0 aliphatic carbocycles. The third-order valence-electron chi connectivity index (χ3n) is 5.66. The summed E-state index contributed by atoms with van der Waals surface area (Å²) in [6.45, 7) is 5.55. The van der Waals surface area contributed by atoms with Crippen LogP contribution in [0.15, 0.2) is 70.5 Å². The molecule has 11 heteroatoms. The number of aromatic amines is 1. The van der Waals surface area contributed by atoms with Crippen LogP contribution in [0.5, 0.6) is 17.4 Å². The van der Waals surface area contributed by atoms with Gasteiger partial charge in [0.15, 0.2) is 4.90 Å². The van der Waals surface area contributed by atoms with Crippen LogP contribution in [0.25, 0.3) is 11.3 Å². The number of benzene rings is 2. The smallest absolute Gasteiger partial charge is 0.270 e. The number of hydrogen-bond acceptors (Lipinski definition) is 7. The summed E-state index contributed by atoms with van der Waals surface area (Å²) < 4.78 is 53.3. The predicted molar refractivity (Wildman–Crippen MR) is 143 cm³/mol. The highest BCUT2D eigenvalue weighted by Gasteiger charge is 2.26. The van der Waals surface area contributed by atoms with Crippen LogP contribution < -0.4 is 19.8 Å². The summed E-state index contributed by atoms with van der Waals surface area (Å²) in [5, 5.41) is 0. The van der Waals surface area contributed by atoms with Crippen molar-refractivity contribution in [1.82, 2.24) is 14.7 Å². The lowest BCUT2D eigenvalue weighted by Gasteiger charge is -2.16. The number of carbonyl (C=O) groups excluding carboxylic acids is 1. The van der Waals surface area contributed by atoms with Gasteiger partial charge >= 0.3 is 0 Å². The molecule has 38 heavy (non-hydrogen) atoms. The summed E-state index contributed by atoms with van der Waals surface area (Å²) in [5.74, 6) is -1.23. The van der Waals surface area contributed by atoms with E-state index in [1.165, 1.54) is 43.6 Å². The first-order valence-electron chi connectivity index (χ1n) is 11.4. The van der Waals surface area contributed by atoms with Crippen LogP contribution in [0.1, 0.15) is 29.9 Å². The van der Waals surface area contributed by atoms with Gasteiger partial charge in [0.25, 0.3) is 21.5 Å². The number of methoxy groups -OCH3 is 1. The largest absolute Gasteiger partial charge is 0.497 e. The third-order valence-corrected chi connectivity index (χ3v) is 7.01. The lowest BCUT2D eigenvalue weighted by Crippen LogP contribution is -2.34. The highest BCUT2D eigenvalue weighted by atomic mass is 32.2. The van der Waals surface area contributed by atoms with Gasteiger partial charge in [-0.15, -0.1) is 0 Å². The van der Waals surface area contributed by atoms with Crippen LogP contribution in [0.4, 0.5) is 4.39 Å². The molecule has 4 aromatic rings. The first kappa shape index (κ1) is 26.6. The minimum absolute atomic E-state index is 0. The van der Waals surface area contributed by atoms with Gasteiger partial charge in [-0.2, -0.15) is 0 Å². The average Bonchev–Trinajstić information content (AvgIpc) is 2.85. The Morgan fingerprint density at radius 1 is 1.05 bits per heavy atom. The van der Waals surface area contributed by atoms with E-state index < -0.39 is 32.2 Å². The first-order chi connectivity index (χ1) is 18.0. The molecule has 0 aliphatic rings. The molecule has 4 rings (SSSR count). The second-order valence-corrected chi connectivity index (χ2v) is 10.2. The fourth-order valence-corrected chi connectivity index (χ4v) is 4.97. The molecule has 0 saturated carbocycles. The van der Waals surface area contributed by atoms with E-state index in [2.05, 4.69) is 9.97 Å². The molecule has 0 saturated heterocycles. The Labute approximate surface area is 221 Å². The molecule has 0 aliphatic heterocycles. The van der Waals surface area contributed by atoms with E-state index in [4.69, 9.17) is 9.47 Å². The van der Waals surface area contributed by atoms with Gasteiger partial charge in [-0.25, -0.2) is 22.5 Å². The number of H-pyrrole nitrogens is 1. The maximum atomic E-state index is 14.8. The number of sulfonamides is 1. The fourth-order valence-electron chi connectivity index (χ4n) is 3.95. The Hall–Kier alpha value is -4.51. The summed E-state index contributed by atoms with van der Waals surface area (Å²) in [5.41, 5.74) is 1.62. The SMILES string of the molecule is COc1ccc(-c2ccc(C(=O)NS(=O)(=O)c3ccc[nH]c3=O)c(Oc3c(C)cc(C)cc3C)n2)c(F)c1.[HH].[HH]. The van der Waals surface area contributed by atoms with Crippen molar-refractivity contribution in [1.29, 1.82) is 0 Å². The molecule has 0 radical (unpaired) electrons. The molecule has 0 atom stereocenters. The average molecular weight is 542 g/mol. The maximum absolute atomic E-state index is 14.8. The number of aryl methyl sites for hydroxylation is 3. The minimum Gasteiger partial charge on any atom is -0.497 e. The van der Waals surface area contributed by atoms with Gasteiger partial charge in [0.1, 0.15) is 22.9 Å². The van der Waals surface area contributed by atoms with Gasteiger partial charge in [0, 0.05) is 20.7 Å². The van der Waals surface area contributed by atoms with Crippen LogP contribution in [0.3, 0.4) is 0 Å². The van der Waals surface area contributed by atoms with E-state index in [9.17, 15) is 22.4 Å². The molecule has 9 nitrogen and oxygen atoms in total. The zero-order valence-electron chi connectivity index (χ0n) is 21.0. The molecule has 2 N–H and O–H groups in total. The summed E-state index contributed by atoms with van der Waals surface area (Å²) in [6, 6.07) is 13.0. The number of nitrogens with zero attached hydrogens (tertiary/aromatic N) is 1. The van der Waals surface area contributed by atoms with Crippen molar-refractivity contribution in [3.63, 3.8) is 0 Å². The molecule has 0 bridgehead atoms. The van der Waals surface area contributed by atoms with Gasteiger partial charge < -0.3 is 14.5 Å². The highest BCUT2D eigenvalue weighted by Crippen LogP contribution is 2.33. The van der Waals surface area contributed by atoms with Crippen LogP contribution in [-0.2, 0) is 10.0 Å². The molecule has 0 spiro atoms. The standard InChI is InChI=1S/C27H24FN3O6S.2H2/c1-15-12-16(2)24(17(3)13-15)37-27-20(25(32)31-38(34,35)23-6-5-11-29-26(23)33)9-10-22(30-27)19-8-7-18(36-4)14-21(19)28;;/h5-14H,1-4H3,(H,29,33)(H,31,32);2*1H. The van der Waals surface area contributed by atoms with Crippen molar-refractivity contribution in [3.05, 3.63) is 99.2 Å². The van der Waals surface area contributed by atoms with Crippen LogP contribution in [0.2, 0.25) is 0 Å². The number of nitrogens with one attached hydrogen (secondary N) is 2. The number of amides is 1. The summed E-state index contributed by atoms with van der Waals surface area (Å²) in [6.07, 6.45) is 1.27. The summed E-state index contributed by atoms with van der Waals surface area (Å²) >= 11 is 0. The van der Waals surface area contributed by atoms with Gasteiger partial charge in [-0.3, -0.25) is 9.59 Å². The van der Waals surface area contributed by atoms with E-state index in [0.29, 0.717) is 11.5 Å². The second-order valence-electron chi connectivity index (χ2n) is 8.52. The third kappa shape index (κ3) is 5.42. The van der Waals surface area contributed by atoms with Gasteiger partial charge in [0.2, 0.25) is 5.88 Å². The van der Waals surface area contributed by atoms with Crippen molar-refractivity contribution in [2.75, 3.05) is 7.11 Å². The zero-order chi connectivity index (χ0) is 27.6. The quantitative estimate of drug-likeness (QED) is 0.340. The number of pyridine rings is 2. The molecule has 2 aromatic carbocycles.